The van der Waals surface area contributed by atoms with Crippen LogP contribution < -0.4 is 16.6 Å². The molecule has 0 bridgehead atoms. The zero-order valence-corrected chi connectivity index (χ0v) is 24.6. The molecule has 1 aliphatic rings. The van der Waals surface area contributed by atoms with Gasteiger partial charge in [-0.2, -0.15) is 5.26 Å². The van der Waals surface area contributed by atoms with Gasteiger partial charge in [-0.1, -0.05) is 0 Å². The third-order valence-corrected chi connectivity index (χ3v) is 8.26. The molecule has 13 nitrogen and oxygen atoms in total. The largest absolute Gasteiger partial charge is 0.447 e. The Morgan fingerprint density at radius 1 is 1.35 bits per heavy atom. The Morgan fingerprint density at radius 2 is 2.08 bits per heavy atom. The van der Waals surface area contributed by atoms with Crippen molar-refractivity contribution in [2.24, 2.45) is 0 Å². The number of alkyl carbamates (subject to hydrolysis) is 1. The van der Waals surface area contributed by atoms with Crippen molar-refractivity contribution >= 4 is 14.6 Å². The Hall–Kier alpha value is -2.77. The van der Waals surface area contributed by atoms with Gasteiger partial charge in [-0.25, -0.2) is 14.3 Å². The quantitative estimate of drug-likeness (QED) is 0.168. The summed E-state index contributed by atoms with van der Waals surface area (Å²) in [6.45, 7) is 8.34. The number of carbonyl (C=O) groups excluding carboxylic acids is 1. The van der Waals surface area contributed by atoms with Crippen LogP contribution in [0, 0.1) is 23.7 Å². The van der Waals surface area contributed by atoms with Gasteiger partial charge >= 0.3 is 11.8 Å². The molecule has 14 heteroatoms. The minimum atomic E-state index is -1.74. The molecule has 1 aromatic heterocycles. The Morgan fingerprint density at radius 3 is 2.67 bits per heavy atom. The first-order valence-electron chi connectivity index (χ1n) is 13.1. The molecular formula is C26H40N5O8P. The van der Waals surface area contributed by atoms with Crippen molar-refractivity contribution in [2.45, 2.75) is 83.4 Å². The SMILES string of the molecule is C#CCCCNC(=O)OC[C@H]1OCC(Cn2ccc(=O)[nH]c2=O)(OC)C1OP(OCCC#N)N(C(C)C)C(C)C. The number of ether oxygens (including phenoxy) is 3. The molecule has 0 aliphatic carbocycles. The van der Waals surface area contributed by atoms with E-state index in [1.54, 1.807) is 0 Å². The standard InChI is InChI=1S/C26H40N5O8P/c1-7-8-9-13-28-25(34)36-16-21-23(39-40(38-15-10-12-27)31(19(2)3)20(4)5)26(35-6,18-37-21)17-30-14-11-22(32)29-24(30)33/h1,11,14,19-21,23H,8-10,13,15-18H2,2-6H3,(H,28,34)(H,29,32,33)/t21-,23?,26?,40?/m1/s1. The van der Waals surface area contributed by atoms with Gasteiger partial charge in [-0.15, -0.1) is 12.3 Å². The van der Waals surface area contributed by atoms with Gasteiger partial charge in [0, 0.05) is 44.4 Å². The molecule has 2 N–H and O–H groups in total. The Balaban J connectivity index is 2.38. The highest BCUT2D eigenvalue weighted by Gasteiger charge is 2.54. The smallest absolute Gasteiger partial charge is 0.407 e. The van der Waals surface area contributed by atoms with E-state index in [2.05, 4.69) is 22.3 Å². The minimum absolute atomic E-state index is 0.00226. The van der Waals surface area contributed by atoms with Crippen molar-refractivity contribution in [3.05, 3.63) is 33.1 Å². The van der Waals surface area contributed by atoms with Crippen LogP contribution >= 0.6 is 8.53 Å². The van der Waals surface area contributed by atoms with Crippen LogP contribution in [0.5, 0.6) is 0 Å². The number of methoxy groups -OCH3 is 1. The summed E-state index contributed by atoms with van der Waals surface area (Å²) in [5.74, 6) is 2.51. The van der Waals surface area contributed by atoms with Crippen LogP contribution in [-0.2, 0) is 29.8 Å². The third kappa shape index (κ3) is 9.41. The number of nitriles is 1. The van der Waals surface area contributed by atoms with Crippen molar-refractivity contribution in [3.63, 3.8) is 0 Å². The molecule has 0 radical (unpaired) electrons. The van der Waals surface area contributed by atoms with Crippen molar-refractivity contribution in [3.8, 4) is 18.4 Å². The normalized spacial score (nSPS) is 21.4. The van der Waals surface area contributed by atoms with Crippen LogP contribution in [0.25, 0.3) is 0 Å². The maximum atomic E-state index is 12.5. The zero-order chi connectivity index (χ0) is 29.7. The number of amides is 1. The predicted octanol–water partition coefficient (Wildman–Crippen LogP) is 2.12. The number of nitrogens with zero attached hydrogens (tertiary/aromatic N) is 3. The van der Waals surface area contributed by atoms with Crippen molar-refractivity contribution in [1.82, 2.24) is 19.5 Å². The van der Waals surface area contributed by atoms with Crippen LogP contribution in [0.15, 0.2) is 21.9 Å². The minimum Gasteiger partial charge on any atom is -0.447 e. The van der Waals surface area contributed by atoms with Gasteiger partial charge in [0.05, 0.1) is 32.2 Å². The fourth-order valence-electron chi connectivity index (χ4n) is 4.27. The van der Waals surface area contributed by atoms with Crippen molar-refractivity contribution in [2.75, 3.05) is 33.5 Å². The van der Waals surface area contributed by atoms with Crippen LogP contribution in [-0.4, -0.2) is 83.7 Å². The van der Waals surface area contributed by atoms with E-state index in [9.17, 15) is 14.4 Å². The average Bonchev–Trinajstić information content (AvgIpc) is 3.23. The van der Waals surface area contributed by atoms with Gasteiger partial charge in [0.15, 0.2) is 0 Å². The van der Waals surface area contributed by atoms with Crippen molar-refractivity contribution < 1.29 is 28.1 Å². The molecule has 4 atom stereocenters. The molecule has 0 saturated carbocycles. The monoisotopic (exact) mass is 581 g/mol. The number of unbranched alkanes of at least 4 members (excludes halogenated alkanes) is 1. The van der Waals surface area contributed by atoms with Crippen LogP contribution in [0.1, 0.15) is 47.0 Å². The number of hydrogen-bond donors (Lipinski definition) is 2. The lowest BCUT2D eigenvalue weighted by Gasteiger charge is -2.41. The second-order valence-corrected chi connectivity index (χ2v) is 11.2. The molecular weight excluding hydrogens is 541 g/mol. The summed E-state index contributed by atoms with van der Waals surface area (Å²) >= 11 is 0. The predicted molar refractivity (Wildman–Crippen MR) is 148 cm³/mol. The van der Waals surface area contributed by atoms with E-state index < -0.39 is 43.7 Å². The molecule has 2 heterocycles. The molecule has 0 spiro atoms. The third-order valence-electron chi connectivity index (χ3n) is 6.15. The first kappa shape index (κ1) is 33.4. The summed E-state index contributed by atoms with van der Waals surface area (Å²) in [6, 6.07) is 3.36. The van der Waals surface area contributed by atoms with Gasteiger partial charge in [-0.3, -0.25) is 14.3 Å². The van der Waals surface area contributed by atoms with Gasteiger partial charge in [0.1, 0.15) is 24.4 Å². The Kier molecular flexibility index (Phi) is 13.8. The second kappa shape index (κ2) is 16.5. The van der Waals surface area contributed by atoms with Gasteiger partial charge in [0.25, 0.3) is 14.1 Å². The van der Waals surface area contributed by atoms with Gasteiger partial charge in [0.2, 0.25) is 0 Å². The molecule has 2 rings (SSSR count). The first-order valence-corrected chi connectivity index (χ1v) is 14.3. The molecule has 1 amide bonds. The topological polar surface area (TPSA) is 157 Å². The Bertz CT molecular complexity index is 1140. The van der Waals surface area contributed by atoms with E-state index >= 15 is 0 Å². The molecule has 1 aliphatic heterocycles. The van der Waals surface area contributed by atoms with E-state index in [1.165, 1.54) is 23.9 Å². The molecule has 0 aromatic carbocycles. The Labute approximate surface area is 236 Å². The first-order chi connectivity index (χ1) is 19.1. The lowest BCUT2D eigenvalue weighted by atomic mass is 9.96. The number of H-pyrrole nitrogens is 1. The van der Waals surface area contributed by atoms with E-state index in [0.29, 0.717) is 19.4 Å². The summed E-state index contributed by atoms with van der Waals surface area (Å²) in [6.07, 6.45) is 5.65. The summed E-state index contributed by atoms with van der Waals surface area (Å²) in [5, 5.41) is 11.7. The number of terminal acetylenes is 1. The highest BCUT2D eigenvalue weighted by Crippen LogP contribution is 2.50. The fourth-order valence-corrected chi connectivity index (χ4v) is 6.10. The molecule has 40 heavy (non-hydrogen) atoms. The van der Waals surface area contributed by atoms with Crippen LogP contribution in [0.4, 0.5) is 4.79 Å². The van der Waals surface area contributed by atoms with Gasteiger partial charge < -0.3 is 28.6 Å². The molecule has 222 valence electrons. The average molecular weight is 582 g/mol. The lowest BCUT2D eigenvalue weighted by molar-refractivity contribution is -0.0865. The maximum absolute atomic E-state index is 12.5. The molecule has 3 unspecified atom stereocenters. The maximum Gasteiger partial charge on any atom is 0.407 e. The van der Waals surface area contributed by atoms with Crippen molar-refractivity contribution in [1.29, 1.82) is 5.26 Å². The number of aromatic nitrogens is 2. The highest BCUT2D eigenvalue weighted by molar-refractivity contribution is 7.44. The summed E-state index contributed by atoms with van der Waals surface area (Å²) < 4.78 is 33.5. The summed E-state index contributed by atoms with van der Waals surface area (Å²) in [5.41, 5.74) is -2.35. The number of rotatable bonds is 16. The van der Waals surface area contributed by atoms with E-state index in [-0.39, 0.29) is 44.9 Å². The number of aromatic amines is 1. The lowest BCUT2D eigenvalue weighted by Crippen LogP contribution is -2.53. The van der Waals surface area contributed by atoms with E-state index in [4.69, 9.17) is 34.9 Å². The second-order valence-electron chi connectivity index (χ2n) is 9.76. The summed E-state index contributed by atoms with van der Waals surface area (Å²) in [4.78, 5) is 38.7. The molecule has 1 aromatic rings. The summed E-state index contributed by atoms with van der Waals surface area (Å²) in [7, 11) is -0.270. The van der Waals surface area contributed by atoms with Crippen LogP contribution in [0.3, 0.4) is 0 Å². The van der Waals surface area contributed by atoms with E-state index in [0.717, 1.165) is 0 Å². The number of hydrogen-bond acceptors (Lipinski definition) is 10. The zero-order valence-electron chi connectivity index (χ0n) is 23.8. The van der Waals surface area contributed by atoms with E-state index in [1.807, 2.05) is 32.4 Å². The number of carbonyl (C=O) groups is 1. The fraction of sp³-hybridized carbons (Fsp3) is 0.692. The highest BCUT2D eigenvalue weighted by atomic mass is 31.2. The number of nitrogens with one attached hydrogen (secondary N) is 2. The molecule has 1 saturated heterocycles. The molecule has 1 fully saturated rings. The van der Waals surface area contributed by atoms with Gasteiger partial charge in [-0.05, 0) is 34.1 Å². The van der Waals surface area contributed by atoms with Crippen LogP contribution in [0.2, 0.25) is 0 Å².